The number of carbonyl (C=O) groups is 1. The largest absolute Gasteiger partial charge is 0.442 e. The number of nitrogens with zero attached hydrogens (tertiary/aromatic N) is 2. The highest BCUT2D eigenvalue weighted by Gasteiger charge is 2.32. The third-order valence-electron chi connectivity index (χ3n) is 2.55. The summed E-state index contributed by atoms with van der Waals surface area (Å²) in [5, 5.41) is 13.2. The van der Waals surface area contributed by atoms with Gasteiger partial charge in [-0.2, -0.15) is 0 Å². The van der Waals surface area contributed by atoms with E-state index in [1.807, 2.05) is 0 Å². The van der Waals surface area contributed by atoms with Crippen LogP contribution in [0.15, 0.2) is 21.5 Å². The van der Waals surface area contributed by atoms with E-state index in [0.717, 1.165) is 0 Å². The molecule has 1 aliphatic carbocycles. The molecule has 0 saturated carbocycles. The molecule has 1 unspecified atom stereocenters. The van der Waals surface area contributed by atoms with E-state index in [4.69, 9.17) is 8.94 Å². The van der Waals surface area contributed by atoms with Crippen LogP contribution >= 0.6 is 0 Å². The molecule has 0 radical (unpaired) electrons. The molecule has 6 heteroatoms. The molecule has 2 heterocycles. The van der Waals surface area contributed by atoms with Crippen LogP contribution in [0.4, 0.5) is 0 Å². The molecular weight excluding hydrogens is 212 g/mol. The maximum absolute atomic E-state index is 11.8. The third-order valence-corrected chi connectivity index (χ3v) is 2.55. The Morgan fingerprint density at radius 1 is 1.44 bits per heavy atom. The maximum atomic E-state index is 11.8. The van der Waals surface area contributed by atoms with Crippen LogP contribution in [-0.2, 0) is 6.42 Å². The highest BCUT2D eigenvalue weighted by atomic mass is 16.5. The fraction of sp³-hybridized carbons (Fsp3) is 0.300. The molecule has 0 saturated heterocycles. The van der Waals surface area contributed by atoms with Gasteiger partial charge >= 0.3 is 0 Å². The fourth-order valence-corrected chi connectivity index (χ4v) is 1.85. The van der Waals surface area contributed by atoms with E-state index < -0.39 is 6.10 Å². The zero-order valence-corrected chi connectivity index (χ0v) is 8.21. The van der Waals surface area contributed by atoms with Crippen LogP contribution in [0.2, 0.25) is 0 Å². The van der Waals surface area contributed by atoms with Crippen LogP contribution in [0, 0.1) is 0 Å². The summed E-state index contributed by atoms with van der Waals surface area (Å²) in [5.41, 5.74) is 0.770. The Labute approximate surface area is 89.9 Å². The van der Waals surface area contributed by atoms with Crippen molar-refractivity contribution >= 4 is 5.78 Å². The summed E-state index contributed by atoms with van der Waals surface area (Å²) in [6, 6.07) is 0. The first-order chi connectivity index (χ1) is 7.75. The van der Waals surface area contributed by atoms with Crippen LogP contribution in [0.1, 0.15) is 22.5 Å². The van der Waals surface area contributed by atoms with Gasteiger partial charge in [-0.1, -0.05) is 5.16 Å². The quantitative estimate of drug-likeness (QED) is 0.765. The summed E-state index contributed by atoms with van der Waals surface area (Å²) >= 11 is 0. The smallest absolute Gasteiger partial charge is 0.181 e. The topological polar surface area (TPSA) is 89.4 Å². The van der Waals surface area contributed by atoms with Crippen LogP contribution in [0.3, 0.4) is 0 Å². The minimum atomic E-state index is -0.685. The van der Waals surface area contributed by atoms with Crippen molar-refractivity contribution in [2.75, 3.05) is 0 Å². The molecular formula is C10H8N2O4. The van der Waals surface area contributed by atoms with Crippen LogP contribution in [0.25, 0.3) is 11.5 Å². The van der Waals surface area contributed by atoms with E-state index in [-0.39, 0.29) is 12.2 Å². The van der Waals surface area contributed by atoms with Crippen LogP contribution in [-0.4, -0.2) is 27.1 Å². The van der Waals surface area contributed by atoms with Crippen molar-refractivity contribution in [2.45, 2.75) is 18.9 Å². The van der Waals surface area contributed by atoms with Gasteiger partial charge in [-0.25, -0.2) is 4.98 Å². The van der Waals surface area contributed by atoms with E-state index in [9.17, 15) is 9.90 Å². The second-order valence-electron chi connectivity index (χ2n) is 3.68. The fourth-order valence-electron chi connectivity index (χ4n) is 1.85. The number of aliphatic hydroxyl groups is 1. The number of hydrogen-bond acceptors (Lipinski definition) is 6. The van der Waals surface area contributed by atoms with Gasteiger partial charge in [0.05, 0.1) is 17.9 Å². The first-order valence-corrected chi connectivity index (χ1v) is 4.84. The Hall–Kier alpha value is -1.95. The number of rotatable bonds is 1. The minimum Gasteiger partial charge on any atom is -0.442 e. The van der Waals surface area contributed by atoms with Gasteiger partial charge in [-0.15, -0.1) is 0 Å². The van der Waals surface area contributed by atoms with Crippen molar-refractivity contribution in [3.8, 4) is 11.5 Å². The normalized spacial score (nSPS) is 19.8. The lowest BCUT2D eigenvalue weighted by atomic mass is 9.92. The molecule has 0 fully saturated rings. The molecule has 82 valence electrons. The molecule has 2 aromatic heterocycles. The summed E-state index contributed by atoms with van der Waals surface area (Å²) < 4.78 is 10.1. The van der Waals surface area contributed by atoms with Gasteiger partial charge in [0.25, 0.3) is 0 Å². The van der Waals surface area contributed by atoms with E-state index in [1.54, 1.807) is 0 Å². The van der Waals surface area contributed by atoms with Crippen molar-refractivity contribution in [1.82, 2.24) is 10.1 Å². The lowest BCUT2D eigenvalue weighted by molar-refractivity contribution is 0.0835. The van der Waals surface area contributed by atoms with Crippen molar-refractivity contribution in [1.29, 1.82) is 0 Å². The first-order valence-electron chi connectivity index (χ1n) is 4.84. The molecule has 2 aromatic rings. The molecule has 16 heavy (non-hydrogen) atoms. The van der Waals surface area contributed by atoms with Gasteiger partial charge in [-0.3, -0.25) is 4.79 Å². The number of Topliss-reactive ketones (excluding diaryl/α,β-unsaturated/α-hetero) is 1. The Balaban J connectivity index is 2.14. The van der Waals surface area contributed by atoms with Gasteiger partial charge < -0.3 is 14.0 Å². The predicted octanol–water partition coefficient (Wildman–Crippen LogP) is 0.819. The zero-order valence-electron chi connectivity index (χ0n) is 8.21. The van der Waals surface area contributed by atoms with Crippen molar-refractivity contribution in [2.24, 2.45) is 0 Å². The molecule has 0 aromatic carbocycles. The summed E-state index contributed by atoms with van der Waals surface area (Å²) in [6.07, 6.45) is 2.45. The molecule has 1 aliphatic rings. The highest BCUT2D eigenvalue weighted by Crippen LogP contribution is 2.30. The lowest BCUT2D eigenvalue weighted by Crippen LogP contribution is -2.23. The molecule has 6 nitrogen and oxygen atoms in total. The Bertz CT molecular complexity index is 529. The lowest BCUT2D eigenvalue weighted by Gasteiger charge is -2.13. The standard InChI is InChI=1S/C10H8N2O4/c13-5-1-6(14)9-7(2-5)16-12-10(9)8-3-11-4-15-8/h3-5,13H,1-2H2. The average molecular weight is 220 g/mol. The van der Waals surface area contributed by atoms with E-state index >= 15 is 0 Å². The second-order valence-corrected chi connectivity index (χ2v) is 3.68. The monoisotopic (exact) mass is 220 g/mol. The molecule has 0 aliphatic heterocycles. The molecule has 3 rings (SSSR count). The minimum absolute atomic E-state index is 0.0926. The molecule has 0 spiro atoms. The van der Waals surface area contributed by atoms with Gasteiger partial charge in [0, 0.05) is 12.8 Å². The number of oxazole rings is 1. The summed E-state index contributed by atoms with van der Waals surface area (Å²) in [6.45, 7) is 0. The summed E-state index contributed by atoms with van der Waals surface area (Å²) in [4.78, 5) is 15.5. The molecule has 0 amide bonds. The van der Waals surface area contributed by atoms with E-state index in [2.05, 4.69) is 10.1 Å². The van der Waals surface area contributed by atoms with Crippen molar-refractivity contribution in [3.05, 3.63) is 23.9 Å². The highest BCUT2D eigenvalue weighted by molar-refractivity contribution is 6.02. The Morgan fingerprint density at radius 3 is 3.06 bits per heavy atom. The Morgan fingerprint density at radius 2 is 2.31 bits per heavy atom. The van der Waals surface area contributed by atoms with Crippen molar-refractivity contribution in [3.63, 3.8) is 0 Å². The van der Waals surface area contributed by atoms with E-state index in [0.29, 0.717) is 29.2 Å². The first kappa shape index (κ1) is 9.29. The SMILES string of the molecule is O=C1CC(O)Cc2onc(-c3cnco3)c21. The van der Waals surface area contributed by atoms with Crippen LogP contribution in [0.5, 0.6) is 0 Å². The molecule has 1 atom stereocenters. The number of fused-ring (bicyclic) bond motifs is 1. The molecule has 0 bridgehead atoms. The summed E-state index contributed by atoms with van der Waals surface area (Å²) in [5.74, 6) is 0.631. The number of ketones is 1. The van der Waals surface area contributed by atoms with Crippen molar-refractivity contribution < 1.29 is 18.8 Å². The van der Waals surface area contributed by atoms with E-state index in [1.165, 1.54) is 12.6 Å². The zero-order chi connectivity index (χ0) is 11.1. The second kappa shape index (κ2) is 3.28. The summed E-state index contributed by atoms with van der Waals surface area (Å²) in [7, 11) is 0. The molecule has 1 N–H and O–H groups in total. The van der Waals surface area contributed by atoms with Gasteiger partial charge in [-0.05, 0) is 0 Å². The third kappa shape index (κ3) is 1.27. The van der Waals surface area contributed by atoms with Gasteiger partial charge in [0.1, 0.15) is 0 Å². The average Bonchev–Trinajstić information content (AvgIpc) is 2.82. The Kier molecular flexibility index (Phi) is 1.90. The maximum Gasteiger partial charge on any atom is 0.181 e. The number of carbonyl (C=O) groups excluding carboxylic acids is 1. The van der Waals surface area contributed by atoms with Crippen LogP contribution < -0.4 is 0 Å². The van der Waals surface area contributed by atoms with Gasteiger partial charge in [0.15, 0.2) is 29.4 Å². The number of aliphatic hydroxyl groups excluding tert-OH is 1. The number of hydrogen-bond donors (Lipinski definition) is 1. The number of aromatic nitrogens is 2. The van der Waals surface area contributed by atoms with Gasteiger partial charge in [0.2, 0.25) is 0 Å². The predicted molar refractivity (Wildman–Crippen MR) is 50.7 cm³/mol.